The zero-order valence-electron chi connectivity index (χ0n) is 14.1. The molecular formula is C20H24N4. The van der Waals surface area contributed by atoms with Gasteiger partial charge >= 0.3 is 0 Å². The molecule has 1 saturated heterocycles. The number of H-pyrrole nitrogens is 1. The molecule has 24 heavy (non-hydrogen) atoms. The molecule has 4 rings (SSSR count). The second-order valence-corrected chi connectivity index (χ2v) is 6.52. The molecule has 1 aliphatic heterocycles. The number of aromatic amines is 1. The van der Waals surface area contributed by atoms with Crippen molar-refractivity contribution in [3.8, 4) is 0 Å². The zero-order chi connectivity index (χ0) is 16.4. The number of piperidine rings is 1. The maximum absolute atomic E-state index is 4.15. The van der Waals surface area contributed by atoms with E-state index in [2.05, 4.69) is 69.8 Å². The number of hydrogen-bond acceptors (Lipinski definition) is 3. The van der Waals surface area contributed by atoms with Gasteiger partial charge in [0.1, 0.15) is 0 Å². The number of nitrogens with one attached hydrogen (secondary N) is 2. The normalized spacial score (nSPS) is 15.8. The van der Waals surface area contributed by atoms with E-state index in [1.165, 1.54) is 22.3 Å². The molecule has 1 aromatic heterocycles. The molecule has 2 heterocycles. The number of aromatic nitrogens is 2. The first kappa shape index (κ1) is 15.1. The molecular weight excluding hydrogens is 296 g/mol. The van der Waals surface area contributed by atoms with Gasteiger partial charge in [-0.3, -0.25) is 5.10 Å². The minimum absolute atomic E-state index is 0.524. The summed E-state index contributed by atoms with van der Waals surface area (Å²) >= 11 is 0. The smallest absolute Gasteiger partial charge is 0.0671 e. The summed E-state index contributed by atoms with van der Waals surface area (Å²) in [5.41, 5.74) is 5.14. The van der Waals surface area contributed by atoms with E-state index < -0.39 is 0 Å². The van der Waals surface area contributed by atoms with E-state index in [1.54, 1.807) is 0 Å². The van der Waals surface area contributed by atoms with Crippen LogP contribution in [0.15, 0.2) is 48.7 Å². The summed E-state index contributed by atoms with van der Waals surface area (Å²) in [6, 6.07) is 15.6. The topological polar surface area (TPSA) is 44.0 Å². The molecule has 0 unspecified atom stereocenters. The monoisotopic (exact) mass is 320 g/mol. The lowest BCUT2D eigenvalue weighted by molar-refractivity contribution is 0.526. The Balaban J connectivity index is 1.44. The fourth-order valence-electron chi connectivity index (χ4n) is 3.70. The summed E-state index contributed by atoms with van der Waals surface area (Å²) in [5.74, 6) is 0. The molecule has 2 aromatic carbocycles. The molecule has 4 heteroatoms. The number of fused-ring (bicyclic) bond motifs is 1. The van der Waals surface area contributed by atoms with Gasteiger partial charge in [0.25, 0.3) is 0 Å². The van der Waals surface area contributed by atoms with Crippen LogP contribution in [0.1, 0.15) is 25.3 Å². The number of para-hydroxylation sites is 1. The molecule has 1 fully saturated rings. The van der Waals surface area contributed by atoms with Crippen molar-refractivity contribution in [1.82, 2.24) is 10.2 Å². The van der Waals surface area contributed by atoms with Gasteiger partial charge in [-0.2, -0.15) is 5.10 Å². The lowest BCUT2D eigenvalue weighted by Gasteiger charge is -2.35. The predicted molar refractivity (Wildman–Crippen MR) is 101 cm³/mol. The lowest BCUT2D eigenvalue weighted by Crippen LogP contribution is -2.39. The highest BCUT2D eigenvalue weighted by Crippen LogP contribution is 2.27. The molecule has 4 nitrogen and oxygen atoms in total. The van der Waals surface area contributed by atoms with Gasteiger partial charge in [0, 0.05) is 35.9 Å². The van der Waals surface area contributed by atoms with Gasteiger partial charge < -0.3 is 10.2 Å². The third-order valence-corrected chi connectivity index (χ3v) is 5.05. The molecule has 3 aromatic rings. The summed E-state index contributed by atoms with van der Waals surface area (Å²) in [6.45, 7) is 4.45. The summed E-state index contributed by atoms with van der Waals surface area (Å²) < 4.78 is 0. The van der Waals surface area contributed by atoms with Crippen LogP contribution in [0.2, 0.25) is 0 Å². The average molecular weight is 320 g/mol. The molecule has 0 amide bonds. The van der Waals surface area contributed by atoms with E-state index >= 15 is 0 Å². The van der Waals surface area contributed by atoms with Crippen molar-refractivity contribution in [3.63, 3.8) is 0 Å². The number of rotatable bonds is 4. The highest BCUT2D eigenvalue weighted by Gasteiger charge is 2.21. The van der Waals surface area contributed by atoms with E-state index in [1.807, 2.05) is 6.20 Å². The van der Waals surface area contributed by atoms with Crippen LogP contribution in [0.5, 0.6) is 0 Å². The Hall–Kier alpha value is -2.49. The van der Waals surface area contributed by atoms with E-state index in [-0.39, 0.29) is 0 Å². The highest BCUT2D eigenvalue weighted by atomic mass is 15.2. The van der Waals surface area contributed by atoms with Gasteiger partial charge in [-0.1, -0.05) is 31.2 Å². The van der Waals surface area contributed by atoms with E-state index in [9.17, 15) is 0 Å². The largest absolute Gasteiger partial charge is 0.382 e. The molecule has 1 aliphatic rings. The Kier molecular flexibility index (Phi) is 4.11. The fraction of sp³-hybridized carbons (Fsp3) is 0.350. The average Bonchev–Trinajstić information content (AvgIpc) is 3.12. The van der Waals surface area contributed by atoms with Crippen molar-refractivity contribution in [2.45, 2.75) is 32.2 Å². The van der Waals surface area contributed by atoms with Crippen LogP contribution in [-0.4, -0.2) is 29.3 Å². The molecule has 0 spiro atoms. The quantitative estimate of drug-likeness (QED) is 0.757. The highest BCUT2D eigenvalue weighted by molar-refractivity contribution is 5.90. The number of hydrogen-bond donors (Lipinski definition) is 2. The predicted octanol–water partition coefficient (Wildman–Crippen LogP) is 4.21. The van der Waals surface area contributed by atoms with Crippen molar-refractivity contribution in [3.05, 3.63) is 54.2 Å². The fourth-order valence-corrected chi connectivity index (χ4v) is 3.70. The molecule has 0 aliphatic carbocycles. The first-order valence-corrected chi connectivity index (χ1v) is 8.86. The van der Waals surface area contributed by atoms with Crippen LogP contribution in [-0.2, 0) is 6.42 Å². The van der Waals surface area contributed by atoms with Crippen molar-refractivity contribution >= 4 is 22.3 Å². The van der Waals surface area contributed by atoms with Crippen molar-refractivity contribution in [1.29, 1.82) is 0 Å². The molecule has 0 bridgehead atoms. The number of nitrogens with zero attached hydrogens (tertiary/aromatic N) is 2. The van der Waals surface area contributed by atoms with Crippen molar-refractivity contribution in [2.24, 2.45) is 0 Å². The number of anilines is 2. The van der Waals surface area contributed by atoms with E-state index in [4.69, 9.17) is 0 Å². The van der Waals surface area contributed by atoms with Crippen LogP contribution in [0.3, 0.4) is 0 Å². The molecule has 124 valence electrons. The van der Waals surface area contributed by atoms with Gasteiger partial charge in [0.15, 0.2) is 0 Å². The van der Waals surface area contributed by atoms with Gasteiger partial charge in [-0.15, -0.1) is 0 Å². The Morgan fingerprint density at radius 1 is 1.12 bits per heavy atom. The number of aryl methyl sites for hydroxylation is 1. The van der Waals surface area contributed by atoms with Crippen LogP contribution in [0.4, 0.5) is 11.4 Å². The van der Waals surface area contributed by atoms with E-state index in [0.29, 0.717) is 6.04 Å². The second-order valence-electron chi connectivity index (χ2n) is 6.52. The van der Waals surface area contributed by atoms with Crippen LogP contribution in [0.25, 0.3) is 10.9 Å². The van der Waals surface area contributed by atoms with Crippen LogP contribution < -0.4 is 10.2 Å². The van der Waals surface area contributed by atoms with Crippen LogP contribution in [0, 0.1) is 0 Å². The second kappa shape index (κ2) is 6.56. The third-order valence-electron chi connectivity index (χ3n) is 5.05. The standard InChI is InChI=1S/C20H24N4/c1-2-15-6-3-4-9-20(15)24-12-10-16(11-13-24)22-18-7-5-8-19-17(18)14-21-23-19/h3-9,14,16,22H,2,10-13H2,1H3,(H,21,23). The Bertz CT molecular complexity index is 815. The van der Waals surface area contributed by atoms with Crippen LogP contribution >= 0.6 is 0 Å². The molecule has 2 N–H and O–H groups in total. The van der Waals surface area contributed by atoms with Gasteiger partial charge in [-0.25, -0.2) is 0 Å². The Morgan fingerprint density at radius 3 is 2.79 bits per heavy atom. The zero-order valence-corrected chi connectivity index (χ0v) is 14.1. The molecule has 0 atom stereocenters. The Morgan fingerprint density at radius 2 is 1.96 bits per heavy atom. The maximum Gasteiger partial charge on any atom is 0.0671 e. The maximum atomic E-state index is 4.15. The summed E-state index contributed by atoms with van der Waals surface area (Å²) in [7, 11) is 0. The summed E-state index contributed by atoms with van der Waals surface area (Å²) in [6.07, 6.45) is 5.32. The minimum Gasteiger partial charge on any atom is -0.382 e. The first-order chi connectivity index (χ1) is 11.8. The summed E-state index contributed by atoms with van der Waals surface area (Å²) in [5, 5.41) is 12.1. The SMILES string of the molecule is CCc1ccccc1N1CCC(Nc2cccc3[nH]ncc23)CC1. The summed E-state index contributed by atoms with van der Waals surface area (Å²) in [4.78, 5) is 2.54. The van der Waals surface area contributed by atoms with E-state index in [0.717, 1.165) is 37.9 Å². The number of benzene rings is 2. The third kappa shape index (κ3) is 2.84. The van der Waals surface area contributed by atoms with Crippen molar-refractivity contribution in [2.75, 3.05) is 23.3 Å². The van der Waals surface area contributed by atoms with Gasteiger partial charge in [-0.05, 0) is 43.0 Å². The minimum atomic E-state index is 0.524. The molecule has 0 saturated carbocycles. The van der Waals surface area contributed by atoms with Crippen molar-refractivity contribution < 1.29 is 0 Å². The lowest BCUT2D eigenvalue weighted by atomic mass is 10.0. The Labute approximate surface area is 142 Å². The molecule has 0 radical (unpaired) electrons. The first-order valence-electron chi connectivity index (χ1n) is 8.86. The van der Waals surface area contributed by atoms with Gasteiger partial charge in [0.05, 0.1) is 11.7 Å². The van der Waals surface area contributed by atoms with Gasteiger partial charge in [0.2, 0.25) is 0 Å².